The van der Waals surface area contributed by atoms with Gasteiger partial charge in [0.05, 0.1) is 18.5 Å². The van der Waals surface area contributed by atoms with Crippen LogP contribution in [0.5, 0.6) is 5.75 Å². The number of carboxylic acid groups (broad SMARTS) is 1. The summed E-state index contributed by atoms with van der Waals surface area (Å²) in [5.74, 6) is -0.574. The first-order chi connectivity index (χ1) is 16.7. The molecule has 1 amide bonds. The molecule has 0 saturated heterocycles. The van der Waals surface area contributed by atoms with Crippen LogP contribution in [-0.2, 0) is 28.8 Å². The van der Waals surface area contributed by atoms with E-state index in [1.807, 2.05) is 6.07 Å². The van der Waals surface area contributed by atoms with Gasteiger partial charge in [0.15, 0.2) is 0 Å². The second-order valence-electron chi connectivity index (χ2n) is 9.10. The molecule has 1 saturated carbocycles. The Balaban J connectivity index is 1.39. The van der Waals surface area contributed by atoms with Crippen LogP contribution < -0.4 is 15.0 Å². The molecule has 0 atom stereocenters. The number of hydrogen-bond acceptors (Lipinski definition) is 4. The number of alkyl halides is 3. The number of amides is 1. The third-order valence-electron chi connectivity index (χ3n) is 6.66. The third kappa shape index (κ3) is 6.14. The topological polar surface area (TPSA) is 78.9 Å². The minimum atomic E-state index is -4.40. The monoisotopic (exact) mass is 490 g/mol. The van der Waals surface area contributed by atoms with Crippen molar-refractivity contribution in [2.45, 2.75) is 57.2 Å². The Morgan fingerprint density at radius 3 is 2.60 bits per heavy atom. The summed E-state index contributed by atoms with van der Waals surface area (Å²) in [6.45, 7) is 0.786. The van der Waals surface area contributed by atoms with E-state index in [2.05, 4.69) is 5.32 Å². The maximum atomic E-state index is 13.7. The highest BCUT2D eigenvalue weighted by Gasteiger charge is 2.36. The van der Waals surface area contributed by atoms with Crippen LogP contribution in [0.4, 0.5) is 18.9 Å². The van der Waals surface area contributed by atoms with E-state index in [1.54, 1.807) is 29.2 Å². The molecule has 2 aromatic rings. The van der Waals surface area contributed by atoms with Crippen molar-refractivity contribution < 1.29 is 32.6 Å². The number of carbonyl (C=O) groups excluding carboxylic acids is 1. The lowest BCUT2D eigenvalue weighted by molar-refractivity contribution is -0.138. The van der Waals surface area contributed by atoms with Crippen LogP contribution >= 0.6 is 0 Å². The van der Waals surface area contributed by atoms with Gasteiger partial charge >= 0.3 is 12.1 Å². The van der Waals surface area contributed by atoms with E-state index in [-0.39, 0.29) is 37.9 Å². The molecule has 2 N–H and O–H groups in total. The summed E-state index contributed by atoms with van der Waals surface area (Å²) in [5, 5.41) is 11.5. The van der Waals surface area contributed by atoms with Crippen LogP contribution in [0.3, 0.4) is 0 Å². The lowest BCUT2D eigenvalue weighted by Gasteiger charge is -2.19. The van der Waals surface area contributed by atoms with Crippen molar-refractivity contribution in [1.29, 1.82) is 0 Å². The maximum Gasteiger partial charge on any atom is 0.416 e. The number of anilines is 1. The van der Waals surface area contributed by atoms with E-state index in [9.17, 15) is 22.8 Å². The van der Waals surface area contributed by atoms with Gasteiger partial charge in [0.2, 0.25) is 5.91 Å². The van der Waals surface area contributed by atoms with Gasteiger partial charge in [-0.2, -0.15) is 13.2 Å². The quantitative estimate of drug-likeness (QED) is 0.489. The molecular weight excluding hydrogens is 461 g/mol. The lowest BCUT2D eigenvalue weighted by atomic mass is 9.91. The Labute approximate surface area is 202 Å². The number of ether oxygens (including phenoxy) is 1. The lowest BCUT2D eigenvalue weighted by Crippen LogP contribution is -2.37. The molecule has 2 aliphatic rings. The second-order valence-corrected chi connectivity index (χ2v) is 9.10. The minimum absolute atomic E-state index is 0.0168. The molecule has 1 aliphatic carbocycles. The molecule has 0 radical (unpaired) electrons. The van der Waals surface area contributed by atoms with E-state index >= 15 is 0 Å². The van der Waals surface area contributed by atoms with Gasteiger partial charge in [-0.05, 0) is 66.1 Å². The number of carbonyl (C=O) groups is 2. The maximum absolute atomic E-state index is 13.7. The Bertz CT molecular complexity index is 1080. The molecule has 0 aromatic heterocycles. The molecular formula is C26H29F3N2O4. The smallest absolute Gasteiger partial charge is 0.416 e. The van der Waals surface area contributed by atoms with Crippen LogP contribution in [0.2, 0.25) is 0 Å². The highest BCUT2D eigenvalue weighted by Crippen LogP contribution is 2.42. The van der Waals surface area contributed by atoms with Gasteiger partial charge in [0.25, 0.3) is 0 Å². The number of hydrogen-bond donors (Lipinski definition) is 2. The number of fused-ring (bicyclic) bond motifs is 1. The number of nitrogens with one attached hydrogen (secondary N) is 1. The van der Waals surface area contributed by atoms with Crippen LogP contribution in [0.15, 0.2) is 36.4 Å². The van der Waals surface area contributed by atoms with Crippen molar-refractivity contribution in [1.82, 2.24) is 5.32 Å². The predicted octanol–water partition coefficient (Wildman–Crippen LogP) is 4.90. The van der Waals surface area contributed by atoms with Crippen molar-refractivity contribution in [2.24, 2.45) is 0 Å². The molecule has 188 valence electrons. The fourth-order valence-electron chi connectivity index (χ4n) is 4.91. The third-order valence-corrected chi connectivity index (χ3v) is 6.66. The number of benzene rings is 2. The number of halogens is 3. The average molecular weight is 491 g/mol. The highest BCUT2D eigenvalue weighted by atomic mass is 19.4. The van der Waals surface area contributed by atoms with Gasteiger partial charge in [0.1, 0.15) is 12.4 Å². The average Bonchev–Trinajstić information content (AvgIpc) is 3.49. The van der Waals surface area contributed by atoms with Crippen molar-refractivity contribution >= 4 is 17.6 Å². The standard InChI is InChI=1S/C26H29F3N2O4/c27-26(28,29)22-13-17(5-7-21(22)18-3-1-2-4-18)16-35-20-6-8-23-19(14-20)10-12-31(23)24(32)15-30-11-9-25(33)34/h5-8,13-14,18,30H,1-4,9-12,15-16H2,(H,33,34). The summed E-state index contributed by atoms with van der Waals surface area (Å²) >= 11 is 0. The van der Waals surface area contributed by atoms with Gasteiger partial charge in [0, 0.05) is 18.8 Å². The summed E-state index contributed by atoms with van der Waals surface area (Å²) in [7, 11) is 0. The largest absolute Gasteiger partial charge is 0.489 e. The van der Waals surface area contributed by atoms with Crippen LogP contribution in [-0.4, -0.2) is 36.6 Å². The van der Waals surface area contributed by atoms with Gasteiger partial charge in [-0.15, -0.1) is 0 Å². The van der Waals surface area contributed by atoms with Crippen LogP contribution in [0.1, 0.15) is 60.3 Å². The normalized spacial score (nSPS) is 15.9. The number of nitrogens with zero attached hydrogens (tertiary/aromatic N) is 1. The van der Waals surface area contributed by atoms with E-state index < -0.39 is 17.7 Å². The number of aliphatic carboxylic acids is 1. The Kier molecular flexibility index (Phi) is 7.64. The fraction of sp³-hybridized carbons (Fsp3) is 0.462. The van der Waals surface area contributed by atoms with Gasteiger partial charge in [-0.3, -0.25) is 9.59 Å². The van der Waals surface area contributed by atoms with Crippen molar-refractivity contribution in [3.63, 3.8) is 0 Å². The first-order valence-corrected chi connectivity index (χ1v) is 11.9. The Morgan fingerprint density at radius 2 is 1.89 bits per heavy atom. The molecule has 6 nitrogen and oxygen atoms in total. The molecule has 1 fully saturated rings. The van der Waals surface area contributed by atoms with Gasteiger partial charge in [-0.25, -0.2) is 0 Å². The molecule has 0 bridgehead atoms. The first kappa shape index (κ1) is 25.0. The molecule has 9 heteroatoms. The first-order valence-electron chi connectivity index (χ1n) is 11.9. The second kappa shape index (κ2) is 10.7. The summed E-state index contributed by atoms with van der Waals surface area (Å²) in [6, 6.07) is 9.83. The van der Waals surface area contributed by atoms with Crippen LogP contribution in [0.25, 0.3) is 0 Å². The summed E-state index contributed by atoms with van der Waals surface area (Å²) < 4.78 is 47.0. The predicted molar refractivity (Wildman–Crippen MR) is 125 cm³/mol. The SMILES string of the molecule is O=C(O)CCNCC(=O)N1CCc2cc(OCc3ccc(C4CCCC4)c(C(F)(F)F)c3)ccc21. The Hall–Kier alpha value is -3.07. The zero-order chi connectivity index (χ0) is 25.0. The molecule has 1 aliphatic heterocycles. The summed E-state index contributed by atoms with van der Waals surface area (Å²) in [4.78, 5) is 24.7. The molecule has 0 unspecified atom stereocenters. The summed E-state index contributed by atoms with van der Waals surface area (Å²) in [6.07, 6.45) is -0.289. The summed E-state index contributed by atoms with van der Waals surface area (Å²) in [5.41, 5.74) is 1.98. The van der Waals surface area contributed by atoms with Crippen LogP contribution in [0, 0.1) is 0 Å². The van der Waals surface area contributed by atoms with Gasteiger partial charge < -0.3 is 20.1 Å². The molecule has 1 heterocycles. The Morgan fingerprint density at radius 1 is 1.11 bits per heavy atom. The van der Waals surface area contributed by atoms with Gasteiger partial charge in [-0.1, -0.05) is 25.0 Å². The molecule has 0 spiro atoms. The van der Waals surface area contributed by atoms with Crippen molar-refractivity contribution in [3.05, 3.63) is 58.7 Å². The zero-order valence-electron chi connectivity index (χ0n) is 19.4. The highest BCUT2D eigenvalue weighted by molar-refractivity contribution is 5.96. The van der Waals surface area contributed by atoms with Crippen molar-refractivity contribution in [2.75, 3.05) is 24.5 Å². The fourth-order valence-corrected chi connectivity index (χ4v) is 4.91. The number of carboxylic acids is 1. The van der Waals surface area contributed by atoms with E-state index in [4.69, 9.17) is 9.84 Å². The number of rotatable bonds is 9. The molecule has 2 aromatic carbocycles. The molecule has 4 rings (SSSR count). The van der Waals surface area contributed by atoms with E-state index in [0.717, 1.165) is 36.9 Å². The van der Waals surface area contributed by atoms with E-state index in [1.165, 1.54) is 6.07 Å². The van der Waals surface area contributed by atoms with Crippen molar-refractivity contribution in [3.8, 4) is 5.75 Å². The zero-order valence-corrected chi connectivity index (χ0v) is 19.4. The molecule has 35 heavy (non-hydrogen) atoms. The van der Waals surface area contributed by atoms with E-state index in [0.29, 0.717) is 29.8 Å². The minimum Gasteiger partial charge on any atom is -0.489 e.